The Bertz CT molecular complexity index is 143. The second-order valence-electron chi connectivity index (χ2n) is 4.41. The highest BCUT2D eigenvalue weighted by molar-refractivity contribution is 5.85. The number of hydrogen-bond donors (Lipinski definition) is 2. The molecule has 2 aliphatic rings. The van der Waals surface area contributed by atoms with Crippen molar-refractivity contribution >= 4 is 24.8 Å². The third-order valence-corrected chi connectivity index (χ3v) is 3.35. The molecule has 4 heteroatoms. The molecule has 0 aliphatic heterocycles. The molecule has 2 saturated carbocycles. The summed E-state index contributed by atoms with van der Waals surface area (Å²) in [6, 6.07) is 2.13. The van der Waals surface area contributed by atoms with Crippen molar-refractivity contribution in [2.75, 3.05) is 0 Å². The lowest BCUT2D eigenvalue weighted by molar-refractivity contribution is 0.257. The minimum absolute atomic E-state index is 0. The smallest absolute Gasteiger partial charge is 0.00708 e. The Morgan fingerprint density at radius 3 is 1.71 bits per heavy atom. The molecule has 0 aromatic carbocycles. The Hall–Kier alpha value is 0.500. The molecule has 0 aromatic heterocycles. The van der Waals surface area contributed by atoms with Crippen LogP contribution in [0.4, 0.5) is 0 Å². The van der Waals surface area contributed by atoms with Gasteiger partial charge in [0, 0.05) is 18.1 Å². The van der Waals surface area contributed by atoms with Crippen molar-refractivity contribution in [3.8, 4) is 0 Å². The molecule has 2 rings (SSSR count). The van der Waals surface area contributed by atoms with Crippen LogP contribution in [0.15, 0.2) is 0 Å². The maximum atomic E-state index is 5.85. The maximum Gasteiger partial charge on any atom is 0.00708 e. The van der Waals surface area contributed by atoms with Gasteiger partial charge in [-0.3, -0.25) is 0 Å². The lowest BCUT2D eigenvalue weighted by Crippen LogP contribution is -2.45. The predicted octanol–water partition coefficient (Wildman–Crippen LogP) is 2.24. The lowest BCUT2D eigenvalue weighted by Gasteiger charge is -2.34. The first-order valence-corrected chi connectivity index (χ1v) is 5.36. The summed E-state index contributed by atoms with van der Waals surface area (Å²) in [4.78, 5) is 0. The van der Waals surface area contributed by atoms with E-state index in [0.29, 0.717) is 6.04 Å². The molecule has 0 saturated heterocycles. The molecule has 3 N–H and O–H groups in total. The van der Waals surface area contributed by atoms with Crippen LogP contribution in [0.25, 0.3) is 0 Å². The SMILES string of the molecule is Cl.Cl.NC1CCC(NC2CCC2)CC1. The monoisotopic (exact) mass is 240 g/mol. The molecule has 0 amide bonds. The van der Waals surface area contributed by atoms with Gasteiger partial charge in [-0.05, 0) is 38.5 Å². The average molecular weight is 241 g/mol. The van der Waals surface area contributed by atoms with Gasteiger partial charge >= 0.3 is 0 Å². The van der Waals surface area contributed by atoms with E-state index in [9.17, 15) is 0 Å². The van der Waals surface area contributed by atoms with Gasteiger partial charge in [0.2, 0.25) is 0 Å². The van der Waals surface area contributed by atoms with Gasteiger partial charge < -0.3 is 11.1 Å². The summed E-state index contributed by atoms with van der Waals surface area (Å²) in [5.74, 6) is 0. The fraction of sp³-hybridized carbons (Fsp3) is 1.00. The minimum atomic E-state index is 0. The third kappa shape index (κ3) is 3.93. The molecule has 86 valence electrons. The molecule has 0 spiro atoms. The number of halogens is 2. The Kier molecular flexibility index (Phi) is 7.13. The molecular weight excluding hydrogens is 219 g/mol. The first kappa shape index (κ1) is 14.5. The van der Waals surface area contributed by atoms with Crippen LogP contribution in [-0.2, 0) is 0 Å². The van der Waals surface area contributed by atoms with Gasteiger partial charge in [-0.15, -0.1) is 24.8 Å². The van der Waals surface area contributed by atoms with Gasteiger partial charge in [-0.1, -0.05) is 6.42 Å². The lowest BCUT2D eigenvalue weighted by atomic mass is 9.87. The summed E-state index contributed by atoms with van der Waals surface area (Å²) >= 11 is 0. The van der Waals surface area contributed by atoms with Crippen molar-refractivity contribution in [2.45, 2.75) is 63.1 Å². The Balaban J connectivity index is 0.000000845. The van der Waals surface area contributed by atoms with E-state index in [4.69, 9.17) is 5.73 Å². The van der Waals surface area contributed by atoms with Crippen molar-refractivity contribution in [3.05, 3.63) is 0 Å². The fourth-order valence-electron chi connectivity index (χ4n) is 2.19. The highest BCUT2D eigenvalue weighted by atomic mass is 35.5. The Morgan fingerprint density at radius 2 is 1.29 bits per heavy atom. The van der Waals surface area contributed by atoms with E-state index in [1.165, 1.54) is 44.9 Å². The number of hydrogen-bond acceptors (Lipinski definition) is 2. The second kappa shape index (κ2) is 6.89. The van der Waals surface area contributed by atoms with Crippen LogP contribution in [0, 0.1) is 0 Å². The van der Waals surface area contributed by atoms with Gasteiger partial charge in [0.1, 0.15) is 0 Å². The van der Waals surface area contributed by atoms with E-state index in [2.05, 4.69) is 5.32 Å². The number of nitrogens with two attached hydrogens (primary N) is 1. The molecule has 0 aromatic rings. The molecule has 0 bridgehead atoms. The Morgan fingerprint density at radius 1 is 0.786 bits per heavy atom. The van der Waals surface area contributed by atoms with Crippen LogP contribution in [0.2, 0.25) is 0 Å². The first-order valence-electron chi connectivity index (χ1n) is 5.36. The number of rotatable bonds is 2. The highest BCUT2D eigenvalue weighted by Gasteiger charge is 2.23. The van der Waals surface area contributed by atoms with Crippen molar-refractivity contribution < 1.29 is 0 Å². The van der Waals surface area contributed by atoms with E-state index in [-0.39, 0.29) is 24.8 Å². The van der Waals surface area contributed by atoms with Crippen LogP contribution >= 0.6 is 24.8 Å². The summed E-state index contributed by atoms with van der Waals surface area (Å²) in [5.41, 5.74) is 5.85. The van der Waals surface area contributed by atoms with Crippen LogP contribution < -0.4 is 11.1 Å². The average Bonchev–Trinajstić information content (AvgIpc) is 2.00. The highest BCUT2D eigenvalue weighted by Crippen LogP contribution is 2.23. The topological polar surface area (TPSA) is 38.0 Å². The van der Waals surface area contributed by atoms with E-state index in [1.807, 2.05) is 0 Å². The van der Waals surface area contributed by atoms with Gasteiger partial charge in [-0.25, -0.2) is 0 Å². The standard InChI is InChI=1S/C10H20N2.2ClH/c11-8-4-6-10(7-5-8)12-9-2-1-3-9;;/h8-10,12H,1-7,11H2;2*1H. The summed E-state index contributed by atoms with van der Waals surface area (Å²) < 4.78 is 0. The van der Waals surface area contributed by atoms with Crippen molar-refractivity contribution in [1.82, 2.24) is 5.32 Å². The molecule has 2 fully saturated rings. The molecule has 0 unspecified atom stereocenters. The van der Waals surface area contributed by atoms with E-state index in [1.54, 1.807) is 0 Å². The van der Waals surface area contributed by atoms with Gasteiger partial charge in [0.05, 0.1) is 0 Å². The van der Waals surface area contributed by atoms with E-state index < -0.39 is 0 Å². The van der Waals surface area contributed by atoms with Gasteiger partial charge in [-0.2, -0.15) is 0 Å². The fourth-order valence-corrected chi connectivity index (χ4v) is 2.19. The van der Waals surface area contributed by atoms with Crippen LogP contribution in [0.5, 0.6) is 0 Å². The van der Waals surface area contributed by atoms with Crippen LogP contribution in [-0.4, -0.2) is 18.1 Å². The normalized spacial score (nSPS) is 32.4. The zero-order valence-corrected chi connectivity index (χ0v) is 10.2. The third-order valence-electron chi connectivity index (χ3n) is 3.35. The van der Waals surface area contributed by atoms with Crippen molar-refractivity contribution in [2.24, 2.45) is 5.73 Å². The number of nitrogens with one attached hydrogen (secondary N) is 1. The summed E-state index contributed by atoms with van der Waals surface area (Å²) in [7, 11) is 0. The summed E-state index contributed by atoms with van der Waals surface area (Å²) in [6.45, 7) is 0. The van der Waals surface area contributed by atoms with Crippen molar-refractivity contribution in [1.29, 1.82) is 0 Å². The molecule has 2 nitrogen and oxygen atoms in total. The largest absolute Gasteiger partial charge is 0.328 e. The van der Waals surface area contributed by atoms with Crippen molar-refractivity contribution in [3.63, 3.8) is 0 Å². The summed E-state index contributed by atoms with van der Waals surface area (Å²) in [5, 5.41) is 3.72. The zero-order chi connectivity index (χ0) is 8.39. The van der Waals surface area contributed by atoms with Gasteiger partial charge in [0.25, 0.3) is 0 Å². The Labute approximate surface area is 99.2 Å². The van der Waals surface area contributed by atoms with E-state index >= 15 is 0 Å². The second-order valence-corrected chi connectivity index (χ2v) is 4.41. The maximum absolute atomic E-state index is 5.85. The minimum Gasteiger partial charge on any atom is -0.328 e. The quantitative estimate of drug-likeness (QED) is 0.778. The van der Waals surface area contributed by atoms with Crippen LogP contribution in [0.1, 0.15) is 44.9 Å². The predicted molar refractivity (Wildman–Crippen MR) is 65.5 cm³/mol. The molecule has 14 heavy (non-hydrogen) atoms. The molecule has 0 radical (unpaired) electrons. The molecule has 0 heterocycles. The van der Waals surface area contributed by atoms with E-state index in [0.717, 1.165) is 12.1 Å². The molecular formula is C10H22Cl2N2. The first-order chi connectivity index (χ1) is 5.84. The summed E-state index contributed by atoms with van der Waals surface area (Å²) in [6.07, 6.45) is 9.30. The van der Waals surface area contributed by atoms with Crippen LogP contribution in [0.3, 0.4) is 0 Å². The molecule has 2 aliphatic carbocycles. The zero-order valence-electron chi connectivity index (χ0n) is 8.58. The van der Waals surface area contributed by atoms with Gasteiger partial charge in [0.15, 0.2) is 0 Å². The molecule has 0 atom stereocenters.